The summed E-state index contributed by atoms with van der Waals surface area (Å²) < 4.78 is 11.5. The summed E-state index contributed by atoms with van der Waals surface area (Å²) in [6, 6.07) is 5.94. The second-order valence-electron chi connectivity index (χ2n) is 4.82. The third kappa shape index (κ3) is 6.93. The second-order valence-corrected chi connectivity index (χ2v) is 5.68. The summed E-state index contributed by atoms with van der Waals surface area (Å²) in [5.74, 6) is 0.812. The summed E-state index contributed by atoms with van der Waals surface area (Å²) in [7, 11) is 5.17. The van der Waals surface area contributed by atoms with E-state index in [0.29, 0.717) is 19.6 Å². The zero-order valence-electron chi connectivity index (χ0n) is 12.8. The molecule has 118 valence electrons. The quantitative estimate of drug-likeness (QED) is 0.686. The molecule has 0 spiro atoms. The van der Waals surface area contributed by atoms with Gasteiger partial charge in [0.05, 0.1) is 24.1 Å². The first-order valence-electron chi connectivity index (χ1n) is 6.85. The maximum atomic E-state index is 11.5. The fourth-order valence-electron chi connectivity index (χ4n) is 1.65. The average Bonchev–Trinajstić information content (AvgIpc) is 2.45. The Balaban J connectivity index is 2.41. The van der Waals surface area contributed by atoms with Gasteiger partial charge in [-0.1, -0.05) is 6.07 Å². The largest absolute Gasteiger partial charge is 0.492 e. The van der Waals surface area contributed by atoms with E-state index in [-0.39, 0.29) is 5.91 Å². The van der Waals surface area contributed by atoms with Crippen LogP contribution in [-0.2, 0) is 16.1 Å². The summed E-state index contributed by atoms with van der Waals surface area (Å²) in [5, 5.41) is 3.28. The maximum Gasteiger partial charge on any atom is 0.225 e. The number of carbonyl (C=O) groups excluding carboxylic acids is 1. The van der Waals surface area contributed by atoms with E-state index in [1.54, 1.807) is 26.1 Å². The molecule has 1 amide bonds. The van der Waals surface area contributed by atoms with Gasteiger partial charge in [-0.3, -0.25) is 4.79 Å². The predicted molar refractivity (Wildman–Crippen MR) is 86.5 cm³/mol. The number of benzene rings is 1. The predicted octanol–water partition coefficient (Wildman–Crippen LogP) is 2.04. The van der Waals surface area contributed by atoms with E-state index in [1.807, 2.05) is 18.2 Å². The van der Waals surface area contributed by atoms with Crippen LogP contribution in [-0.4, -0.2) is 51.8 Å². The topological polar surface area (TPSA) is 50.8 Å². The molecule has 6 heteroatoms. The lowest BCUT2D eigenvalue weighted by molar-refractivity contribution is -0.129. The molecule has 0 radical (unpaired) electrons. The Morgan fingerprint density at radius 3 is 2.71 bits per heavy atom. The van der Waals surface area contributed by atoms with Gasteiger partial charge in [0.1, 0.15) is 5.75 Å². The van der Waals surface area contributed by atoms with Gasteiger partial charge in [0.15, 0.2) is 0 Å². The van der Waals surface area contributed by atoms with Crippen molar-refractivity contribution in [1.82, 2.24) is 10.2 Å². The number of carbonyl (C=O) groups is 1. The fourth-order valence-corrected chi connectivity index (χ4v) is 2.19. The third-order valence-electron chi connectivity index (χ3n) is 2.88. The highest BCUT2D eigenvalue weighted by atomic mass is 79.9. The van der Waals surface area contributed by atoms with Crippen molar-refractivity contribution in [2.24, 2.45) is 0 Å². The van der Waals surface area contributed by atoms with Crippen LogP contribution in [0.2, 0.25) is 0 Å². The minimum absolute atomic E-state index is 0.0603. The first-order chi connectivity index (χ1) is 10.0. The molecule has 0 aliphatic carbocycles. The van der Waals surface area contributed by atoms with Gasteiger partial charge in [0.2, 0.25) is 5.91 Å². The molecule has 0 fully saturated rings. The Morgan fingerprint density at radius 1 is 1.33 bits per heavy atom. The highest BCUT2D eigenvalue weighted by Crippen LogP contribution is 2.26. The molecule has 0 bridgehead atoms. The molecule has 5 nitrogen and oxygen atoms in total. The molecule has 0 aliphatic heterocycles. The Morgan fingerprint density at radius 2 is 2.10 bits per heavy atom. The lowest BCUT2D eigenvalue weighted by Gasteiger charge is -2.12. The standard InChI is InChI=1S/C15H23BrN2O3/c1-18(2)15(19)6-8-21-14-5-4-12(10-13(14)16)11-17-7-9-20-3/h4-5,10,17H,6-9,11H2,1-3H3. The second kappa shape index (κ2) is 9.76. The number of rotatable bonds is 9. The molecule has 1 aromatic carbocycles. The van der Waals surface area contributed by atoms with Gasteiger partial charge in [0.25, 0.3) is 0 Å². The fraction of sp³-hybridized carbons (Fsp3) is 0.533. The molecule has 0 saturated carbocycles. The smallest absolute Gasteiger partial charge is 0.225 e. The van der Waals surface area contributed by atoms with Crippen LogP contribution in [0.25, 0.3) is 0 Å². The zero-order valence-corrected chi connectivity index (χ0v) is 14.4. The first-order valence-corrected chi connectivity index (χ1v) is 7.65. The zero-order chi connectivity index (χ0) is 15.7. The molecule has 0 aromatic heterocycles. The number of ether oxygens (including phenoxy) is 2. The van der Waals surface area contributed by atoms with Crippen LogP contribution >= 0.6 is 15.9 Å². The van der Waals surface area contributed by atoms with Crippen molar-refractivity contribution in [1.29, 1.82) is 0 Å². The summed E-state index contributed by atoms with van der Waals surface area (Å²) in [5.41, 5.74) is 1.16. The van der Waals surface area contributed by atoms with Crippen molar-refractivity contribution in [2.45, 2.75) is 13.0 Å². The summed E-state index contributed by atoms with van der Waals surface area (Å²) in [4.78, 5) is 13.0. The molecular formula is C15H23BrN2O3. The summed E-state index contributed by atoms with van der Waals surface area (Å²) >= 11 is 3.49. The summed E-state index contributed by atoms with van der Waals surface area (Å²) in [6.45, 7) is 2.67. The number of methoxy groups -OCH3 is 1. The van der Waals surface area contributed by atoms with Crippen molar-refractivity contribution in [3.05, 3.63) is 28.2 Å². The average molecular weight is 359 g/mol. The van der Waals surface area contributed by atoms with Crippen LogP contribution in [0.3, 0.4) is 0 Å². The Bertz CT molecular complexity index is 453. The van der Waals surface area contributed by atoms with Gasteiger partial charge < -0.3 is 19.7 Å². The van der Waals surface area contributed by atoms with Crippen molar-refractivity contribution in [3.8, 4) is 5.75 Å². The van der Waals surface area contributed by atoms with Crippen molar-refractivity contribution < 1.29 is 14.3 Å². The number of amides is 1. The molecule has 1 rings (SSSR count). The van der Waals surface area contributed by atoms with Crippen molar-refractivity contribution >= 4 is 21.8 Å². The van der Waals surface area contributed by atoms with E-state index >= 15 is 0 Å². The highest BCUT2D eigenvalue weighted by molar-refractivity contribution is 9.10. The van der Waals surface area contributed by atoms with Gasteiger partial charge in [-0.2, -0.15) is 0 Å². The number of hydrogen-bond acceptors (Lipinski definition) is 4. The molecule has 21 heavy (non-hydrogen) atoms. The van der Waals surface area contributed by atoms with E-state index in [4.69, 9.17) is 9.47 Å². The minimum atomic E-state index is 0.0603. The van der Waals surface area contributed by atoms with Crippen LogP contribution in [0.1, 0.15) is 12.0 Å². The Hall–Kier alpha value is -1.11. The lowest BCUT2D eigenvalue weighted by Crippen LogP contribution is -2.23. The van der Waals surface area contributed by atoms with Crippen molar-refractivity contribution in [3.63, 3.8) is 0 Å². The summed E-state index contributed by atoms with van der Waals surface area (Å²) in [6.07, 6.45) is 0.375. The lowest BCUT2D eigenvalue weighted by atomic mass is 10.2. The van der Waals surface area contributed by atoms with Gasteiger partial charge in [-0.05, 0) is 33.6 Å². The monoisotopic (exact) mass is 358 g/mol. The van der Waals surface area contributed by atoms with E-state index in [0.717, 1.165) is 28.9 Å². The molecule has 0 saturated heterocycles. The minimum Gasteiger partial charge on any atom is -0.492 e. The van der Waals surface area contributed by atoms with Gasteiger partial charge in [-0.25, -0.2) is 0 Å². The molecule has 0 atom stereocenters. The number of nitrogens with one attached hydrogen (secondary N) is 1. The number of halogens is 1. The van der Waals surface area contributed by atoms with E-state index in [9.17, 15) is 4.79 Å². The molecule has 1 aromatic rings. The molecular weight excluding hydrogens is 336 g/mol. The molecule has 0 unspecified atom stereocenters. The number of hydrogen-bond donors (Lipinski definition) is 1. The number of nitrogens with zero attached hydrogens (tertiary/aromatic N) is 1. The van der Waals surface area contributed by atoms with Crippen LogP contribution in [0.5, 0.6) is 5.75 Å². The Labute approximate surface area is 134 Å². The molecule has 1 N–H and O–H groups in total. The molecule has 0 heterocycles. The third-order valence-corrected chi connectivity index (χ3v) is 3.50. The SMILES string of the molecule is COCCNCc1ccc(OCCC(=O)N(C)C)c(Br)c1. The van der Waals surface area contributed by atoms with Crippen LogP contribution in [0.15, 0.2) is 22.7 Å². The van der Waals surface area contributed by atoms with Crippen LogP contribution in [0.4, 0.5) is 0 Å². The van der Waals surface area contributed by atoms with E-state index in [2.05, 4.69) is 21.2 Å². The van der Waals surface area contributed by atoms with Crippen molar-refractivity contribution in [2.75, 3.05) is 41.0 Å². The Kier molecular flexibility index (Phi) is 8.34. The highest BCUT2D eigenvalue weighted by Gasteiger charge is 2.06. The van der Waals surface area contributed by atoms with Gasteiger partial charge in [-0.15, -0.1) is 0 Å². The first kappa shape index (κ1) is 17.9. The van der Waals surface area contributed by atoms with E-state index < -0.39 is 0 Å². The van der Waals surface area contributed by atoms with Crippen LogP contribution in [0, 0.1) is 0 Å². The normalized spacial score (nSPS) is 10.5. The van der Waals surface area contributed by atoms with Crippen LogP contribution < -0.4 is 10.1 Å². The van der Waals surface area contributed by atoms with Gasteiger partial charge in [0, 0.05) is 34.3 Å². The van der Waals surface area contributed by atoms with E-state index in [1.165, 1.54) is 0 Å². The van der Waals surface area contributed by atoms with Gasteiger partial charge >= 0.3 is 0 Å². The molecule has 0 aliphatic rings. The maximum absolute atomic E-state index is 11.5.